The van der Waals surface area contributed by atoms with Crippen molar-refractivity contribution in [2.75, 3.05) is 0 Å². The fourth-order valence-electron chi connectivity index (χ4n) is 3.84. The van der Waals surface area contributed by atoms with Crippen molar-refractivity contribution in [2.24, 2.45) is 0 Å². The van der Waals surface area contributed by atoms with Gasteiger partial charge in [-0.05, 0) is 35.4 Å². The van der Waals surface area contributed by atoms with Crippen molar-refractivity contribution >= 4 is 44.1 Å². The van der Waals surface area contributed by atoms with Crippen LogP contribution < -0.4 is 10.1 Å². The van der Waals surface area contributed by atoms with E-state index < -0.39 is 0 Å². The number of aryl methyl sites for hydroxylation is 1. The summed E-state index contributed by atoms with van der Waals surface area (Å²) in [5.74, 6) is 1.04. The van der Waals surface area contributed by atoms with Gasteiger partial charge in [0.15, 0.2) is 5.76 Å². The molecule has 3 heterocycles. The Labute approximate surface area is 174 Å². The van der Waals surface area contributed by atoms with E-state index in [0.717, 1.165) is 32.9 Å². The van der Waals surface area contributed by atoms with Crippen LogP contribution in [-0.4, -0.2) is 14.6 Å². The minimum absolute atomic E-state index is 0.171. The summed E-state index contributed by atoms with van der Waals surface area (Å²) < 4.78 is 7.92. The molecule has 144 valence electrons. The zero-order valence-electron chi connectivity index (χ0n) is 16.0. The predicted octanol–water partition coefficient (Wildman–Crippen LogP) is 4.57. The molecule has 0 aliphatic carbocycles. The molecule has 3 aromatic carbocycles. The van der Waals surface area contributed by atoms with Crippen LogP contribution in [0.15, 0.2) is 75.9 Å². The average Bonchev–Trinajstić information content (AvgIpc) is 3.42. The lowest BCUT2D eigenvalue weighted by Crippen LogP contribution is -2.23. The number of hydrogen-bond donors (Lipinski definition) is 0. The topological polar surface area (TPSA) is 60.4 Å². The molecule has 0 spiro atoms. The quantitative estimate of drug-likeness (QED) is 0.420. The maximum atomic E-state index is 13.0. The van der Waals surface area contributed by atoms with E-state index in [1.54, 1.807) is 0 Å². The lowest BCUT2D eigenvalue weighted by atomic mass is 10.0. The summed E-state index contributed by atoms with van der Waals surface area (Å²) in [7, 11) is 0. The molecule has 0 bridgehead atoms. The van der Waals surface area contributed by atoms with Crippen molar-refractivity contribution in [1.29, 1.82) is 0 Å². The first kappa shape index (κ1) is 17.1. The monoisotopic (exact) mass is 409 g/mol. The molecule has 6 heteroatoms. The number of para-hydroxylation sites is 1. The summed E-state index contributed by atoms with van der Waals surface area (Å²) >= 11 is 1.34. The van der Waals surface area contributed by atoms with Crippen LogP contribution in [0.3, 0.4) is 0 Å². The van der Waals surface area contributed by atoms with Crippen LogP contribution in [0.5, 0.6) is 0 Å². The fourth-order valence-corrected chi connectivity index (χ4v) is 4.73. The summed E-state index contributed by atoms with van der Waals surface area (Å²) in [6.07, 6.45) is 1.91. The van der Waals surface area contributed by atoms with E-state index in [4.69, 9.17) is 4.42 Å². The molecule has 3 aromatic heterocycles. The molecule has 0 saturated carbocycles. The normalized spacial score (nSPS) is 12.5. The van der Waals surface area contributed by atoms with Gasteiger partial charge in [0.2, 0.25) is 10.8 Å². The van der Waals surface area contributed by atoms with E-state index in [1.807, 2.05) is 61.5 Å². The number of fused-ring (bicyclic) bond motifs is 3. The molecule has 0 radical (unpaired) electrons. The second-order valence-electron chi connectivity index (χ2n) is 7.17. The second-order valence-corrected chi connectivity index (χ2v) is 8.18. The van der Waals surface area contributed by atoms with Crippen molar-refractivity contribution in [2.45, 2.75) is 6.92 Å². The summed E-state index contributed by atoms with van der Waals surface area (Å²) in [5.41, 5.74) is 2.59. The molecule has 0 fully saturated rings. The van der Waals surface area contributed by atoms with Crippen LogP contribution in [-0.2, 0) is 0 Å². The Kier molecular flexibility index (Phi) is 3.63. The molecule has 0 amide bonds. The molecule has 0 aliphatic heterocycles. The number of nitrogens with zero attached hydrogens (tertiary/aromatic N) is 3. The SMILES string of the molecule is Cc1c(-c2nc3s/c(=C\c4cccc5ccccc45)c(=O)n3n2)oc2ccccc12. The number of rotatable bonds is 2. The van der Waals surface area contributed by atoms with Crippen molar-refractivity contribution in [3.05, 3.63) is 92.7 Å². The molecule has 6 aromatic rings. The maximum Gasteiger partial charge on any atom is 0.291 e. The highest BCUT2D eigenvalue weighted by Gasteiger charge is 2.18. The standard InChI is InChI=1S/C24H15N3O2S/c1-14-17-10-4-5-12-19(17)29-21(14)22-25-24-27(26-22)23(28)20(30-24)13-16-9-6-8-15-7-2-3-11-18(15)16/h2-13H,1H3/b20-13-. The molecular formula is C24H15N3O2S. The van der Waals surface area contributed by atoms with Crippen LogP contribution in [0.25, 0.3) is 44.4 Å². The minimum atomic E-state index is -0.171. The molecular weight excluding hydrogens is 394 g/mol. The third-order valence-corrected chi connectivity index (χ3v) is 6.30. The number of aromatic nitrogens is 3. The molecule has 5 nitrogen and oxygen atoms in total. The van der Waals surface area contributed by atoms with Gasteiger partial charge in [0.1, 0.15) is 5.58 Å². The molecule has 0 N–H and O–H groups in total. The van der Waals surface area contributed by atoms with Crippen molar-refractivity contribution < 1.29 is 4.42 Å². The van der Waals surface area contributed by atoms with E-state index in [9.17, 15) is 4.79 Å². The number of furan rings is 1. The molecule has 0 saturated heterocycles. The highest BCUT2D eigenvalue weighted by molar-refractivity contribution is 7.15. The predicted molar refractivity (Wildman–Crippen MR) is 120 cm³/mol. The Hall–Kier alpha value is -3.77. The Morgan fingerprint density at radius 1 is 0.967 bits per heavy atom. The van der Waals surface area contributed by atoms with Gasteiger partial charge >= 0.3 is 0 Å². The van der Waals surface area contributed by atoms with Gasteiger partial charge in [0.05, 0.1) is 4.53 Å². The van der Waals surface area contributed by atoms with Crippen LogP contribution >= 0.6 is 11.3 Å². The average molecular weight is 409 g/mol. The van der Waals surface area contributed by atoms with Gasteiger partial charge in [-0.2, -0.15) is 9.50 Å². The zero-order chi connectivity index (χ0) is 20.2. The van der Waals surface area contributed by atoms with Crippen LogP contribution in [0.2, 0.25) is 0 Å². The van der Waals surface area contributed by atoms with Gasteiger partial charge in [-0.25, -0.2) is 0 Å². The van der Waals surface area contributed by atoms with Gasteiger partial charge in [-0.3, -0.25) is 4.79 Å². The van der Waals surface area contributed by atoms with E-state index >= 15 is 0 Å². The molecule has 30 heavy (non-hydrogen) atoms. The van der Waals surface area contributed by atoms with Crippen molar-refractivity contribution in [3.8, 4) is 11.6 Å². The summed E-state index contributed by atoms with van der Waals surface area (Å²) in [6, 6.07) is 22.0. The van der Waals surface area contributed by atoms with E-state index in [1.165, 1.54) is 15.9 Å². The highest BCUT2D eigenvalue weighted by atomic mass is 32.1. The van der Waals surface area contributed by atoms with Crippen LogP contribution in [0.4, 0.5) is 0 Å². The Bertz CT molecular complexity index is 1690. The number of hydrogen-bond acceptors (Lipinski definition) is 5. The first-order valence-corrected chi connectivity index (χ1v) is 10.4. The number of benzene rings is 3. The fraction of sp³-hybridized carbons (Fsp3) is 0.0417. The van der Waals surface area contributed by atoms with E-state index in [2.05, 4.69) is 28.3 Å². The van der Waals surface area contributed by atoms with Gasteiger partial charge < -0.3 is 4.42 Å². The Morgan fingerprint density at radius 3 is 2.57 bits per heavy atom. The largest absolute Gasteiger partial charge is 0.452 e. The second kappa shape index (κ2) is 6.37. The lowest BCUT2D eigenvalue weighted by molar-refractivity contribution is 0.622. The summed E-state index contributed by atoms with van der Waals surface area (Å²) in [4.78, 5) is 18.1. The van der Waals surface area contributed by atoms with Crippen LogP contribution in [0.1, 0.15) is 11.1 Å². The summed E-state index contributed by atoms with van der Waals surface area (Å²) in [5, 5.41) is 7.73. The van der Waals surface area contributed by atoms with Gasteiger partial charge in [0, 0.05) is 10.9 Å². The Balaban J connectivity index is 1.51. The maximum absolute atomic E-state index is 13.0. The first-order chi connectivity index (χ1) is 14.7. The van der Waals surface area contributed by atoms with E-state index in [-0.39, 0.29) is 5.56 Å². The van der Waals surface area contributed by atoms with Gasteiger partial charge in [0.25, 0.3) is 5.56 Å². The van der Waals surface area contributed by atoms with Gasteiger partial charge in [-0.1, -0.05) is 72.0 Å². The first-order valence-electron chi connectivity index (χ1n) is 9.56. The smallest absolute Gasteiger partial charge is 0.291 e. The third-order valence-electron chi connectivity index (χ3n) is 5.34. The lowest BCUT2D eigenvalue weighted by Gasteiger charge is -2.00. The Morgan fingerprint density at radius 2 is 1.73 bits per heavy atom. The van der Waals surface area contributed by atoms with Crippen molar-refractivity contribution in [1.82, 2.24) is 14.6 Å². The highest BCUT2D eigenvalue weighted by Crippen LogP contribution is 2.31. The molecule has 0 unspecified atom stereocenters. The molecule has 6 rings (SSSR count). The molecule has 0 aliphatic rings. The minimum Gasteiger partial charge on any atom is -0.452 e. The summed E-state index contributed by atoms with van der Waals surface area (Å²) in [6.45, 7) is 1.98. The van der Waals surface area contributed by atoms with Crippen LogP contribution in [0, 0.1) is 6.92 Å². The van der Waals surface area contributed by atoms with Crippen molar-refractivity contribution in [3.63, 3.8) is 0 Å². The van der Waals surface area contributed by atoms with E-state index in [0.29, 0.717) is 21.1 Å². The number of thiazole rings is 1. The van der Waals surface area contributed by atoms with Gasteiger partial charge in [-0.15, -0.1) is 5.10 Å². The zero-order valence-corrected chi connectivity index (χ0v) is 16.8. The third kappa shape index (κ3) is 2.51. The molecule has 0 atom stereocenters.